The van der Waals surface area contributed by atoms with E-state index in [1.54, 1.807) is 36.3 Å². The standard InChI is InChI=1S/C16H21NO5/c1-11-9-17(10-13(11)16(19)20)15(18)12-5-3-4-6-14(12)22-8-7-21-2/h3-6,11,13H,7-10H2,1-2H3,(H,19,20)/t11-,13-/m1/s1. The first-order valence-electron chi connectivity index (χ1n) is 7.27. The van der Waals surface area contributed by atoms with Gasteiger partial charge in [0.25, 0.3) is 5.91 Å². The second kappa shape index (κ2) is 7.26. The summed E-state index contributed by atoms with van der Waals surface area (Å²) in [5, 5.41) is 9.18. The van der Waals surface area contributed by atoms with Crippen LogP contribution in [0.4, 0.5) is 0 Å². The molecule has 1 aliphatic rings. The number of likely N-dealkylation sites (tertiary alicyclic amines) is 1. The van der Waals surface area contributed by atoms with Gasteiger partial charge in [-0.05, 0) is 18.1 Å². The molecule has 1 saturated heterocycles. The van der Waals surface area contributed by atoms with E-state index < -0.39 is 11.9 Å². The van der Waals surface area contributed by atoms with Crippen LogP contribution in [0.3, 0.4) is 0 Å². The Kier molecular flexibility index (Phi) is 5.38. The van der Waals surface area contributed by atoms with Gasteiger partial charge in [-0.3, -0.25) is 9.59 Å². The molecule has 0 bridgehead atoms. The molecule has 0 radical (unpaired) electrons. The molecular weight excluding hydrogens is 286 g/mol. The second-order valence-corrected chi connectivity index (χ2v) is 5.47. The van der Waals surface area contributed by atoms with Crippen LogP contribution in [-0.2, 0) is 9.53 Å². The average molecular weight is 307 g/mol. The second-order valence-electron chi connectivity index (χ2n) is 5.47. The molecule has 1 aromatic rings. The number of carboxylic acids is 1. The Morgan fingerprint density at radius 2 is 2.00 bits per heavy atom. The number of carboxylic acid groups (broad SMARTS) is 1. The molecule has 1 N–H and O–H groups in total. The van der Waals surface area contributed by atoms with Gasteiger partial charge in [-0.25, -0.2) is 0 Å². The minimum Gasteiger partial charge on any atom is -0.490 e. The quantitative estimate of drug-likeness (QED) is 0.806. The number of carbonyl (C=O) groups excluding carboxylic acids is 1. The van der Waals surface area contributed by atoms with Gasteiger partial charge < -0.3 is 19.5 Å². The molecule has 1 aliphatic heterocycles. The van der Waals surface area contributed by atoms with Crippen LogP contribution >= 0.6 is 0 Å². The van der Waals surface area contributed by atoms with E-state index in [1.807, 2.05) is 6.92 Å². The first kappa shape index (κ1) is 16.3. The van der Waals surface area contributed by atoms with Gasteiger partial charge in [0.05, 0.1) is 18.1 Å². The molecule has 120 valence electrons. The lowest BCUT2D eigenvalue weighted by Crippen LogP contribution is -2.30. The largest absolute Gasteiger partial charge is 0.490 e. The van der Waals surface area contributed by atoms with Crippen molar-refractivity contribution in [2.45, 2.75) is 6.92 Å². The fourth-order valence-electron chi connectivity index (χ4n) is 2.63. The predicted molar refractivity (Wildman–Crippen MR) is 80.0 cm³/mol. The zero-order valence-electron chi connectivity index (χ0n) is 12.8. The van der Waals surface area contributed by atoms with E-state index in [1.165, 1.54) is 0 Å². The van der Waals surface area contributed by atoms with Crippen LogP contribution in [0, 0.1) is 11.8 Å². The zero-order valence-corrected chi connectivity index (χ0v) is 12.8. The lowest BCUT2D eigenvalue weighted by atomic mass is 9.99. The number of aliphatic carboxylic acids is 1. The third-order valence-corrected chi connectivity index (χ3v) is 3.88. The van der Waals surface area contributed by atoms with Gasteiger partial charge in [-0.1, -0.05) is 19.1 Å². The minimum absolute atomic E-state index is 0.0528. The molecule has 1 heterocycles. The van der Waals surface area contributed by atoms with Gasteiger partial charge in [-0.2, -0.15) is 0 Å². The Bertz CT molecular complexity index is 545. The molecule has 0 spiro atoms. The van der Waals surface area contributed by atoms with E-state index in [-0.39, 0.29) is 18.4 Å². The SMILES string of the molecule is COCCOc1ccccc1C(=O)N1C[C@@H](C)[C@H](C(=O)O)C1. The Morgan fingerprint density at radius 1 is 1.27 bits per heavy atom. The molecule has 22 heavy (non-hydrogen) atoms. The van der Waals surface area contributed by atoms with E-state index >= 15 is 0 Å². The molecule has 2 rings (SSSR count). The van der Waals surface area contributed by atoms with Crippen LogP contribution in [0.1, 0.15) is 17.3 Å². The Morgan fingerprint density at radius 3 is 2.64 bits per heavy atom. The number of hydrogen-bond donors (Lipinski definition) is 1. The van der Waals surface area contributed by atoms with Gasteiger partial charge in [0.2, 0.25) is 0 Å². The maximum atomic E-state index is 12.6. The number of amides is 1. The summed E-state index contributed by atoms with van der Waals surface area (Å²) in [6, 6.07) is 7.00. The first-order valence-corrected chi connectivity index (χ1v) is 7.27. The third-order valence-electron chi connectivity index (χ3n) is 3.88. The molecule has 1 aromatic carbocycles. The lowest BCUT2D eigenvalue weighted by Gasteiger charge is -2.18. The number of nitrogens with zero attached hydrogens (tertiary/aromatic N) is 1. The highest BCUT2D eigenvalue weighted by Gasteiger charge is 2.37. The topological polar surface area (TPSA) is 76.1 Å². The van der Waals surface area contributed by atoms with E-state index in [2.05, 4.69) is 0 Å². The smallest absolute Gasteiger partial charge is 0.308 e. The predicted octanol–water partition coefficient (Wildman–Crippen LogP) is 1.50. The van der Waals surface area contributed by atoms with E-state index in [4.69, 9.17) is 9.47 Å². The van der Waals surface area contributed by atoms with Crippen molar-refractivity contribution in [1.29, 1.82) is 0 Å². The third kappa shape index (κ3) is 3.57. The molecule has 6 heteroatoms. The Hall–Kier alpha value is -2.08. The van der Waals surface area contributed by atoms with E-state index in [0.29, 0.717) is 31.1 Å². The molecule has 2 atom stereocenters. The maximum absolute atomic E-state index is 12.6. The molecule has 0 aliphatic carbocycles. The van der Waals surface area contributed by atoms with Gasteiger partial charge in [0.1, 0.15) is 12.4 Å². The van der Waals surface area contributed by atoms with Crippen LogP contribution in [0.15, 0.2) is 24.3 Å². The minimum atomic E-state index is -0.854. The molecule has 0 unspecified atom stereocenters. The normalized spacial score (nSPS) is 20.9. The number of ether oxygens (including phenoxy) is 2. The summed E-state index contributed by atoms with van der Waals surface area (Å²) in [4.78, 5) is 25.4. The van der Waals surface area contributed by atoms with Crippen molar-refractivity contribution in [2.75, 3.05) is 33.4 Å². The van der Waals surface area contributed by atoms with Crippen LogP contribution in [0.5, 0.6) is 5.75 Å². The van der Waals surface area contributed by atoms with Crippen LogP contribution < -0.4 is 4.74 Å². The van der Waals surface area contributed by atoms with Crippen molar-refractivity contribution >= 4 is 11.9 Å². The molecule has 0 aromatic heterocycles. The molecule has 1 fully saturated rings. The number of methoxy groups -OCH3 is 1. The number of para-hydroxylation sites is 1. The Balaban J connectivity index is 2.11. The summed E-state index contributed by atoms with van der Waals surface area (Å²) in [5.74, 6) is -1.11. The number of hydrogen-bond acceptors (Lipinski definition) is 4. The lowest BCUT2D eigenvalue weighted by molar-refractivity contribution is -0.142. The fourth-order valence-corrected chi connectivity index (χ4v) is 2.63. The summed E-state index contributed by atoms with van der Waals surface area (Å²) < 4.78 is 10.5. The Labute approximate surface area is 129 Å². The van der Waals surface area contributed by atoms with Gasteiger partial charge >= 0.3 is 5.97 Å². The highest BCUT2D eigenvalue weighted by molar-refractivity contribution is 5.97. The zero-order chi connectivity index (χ0) is 16.1. The van der Waals surface area contributed by atoms with Crippen molar-refractivity contribution < 1.29 is 24.2 Å². The van der Waals surface area contributed by atoms with Gasteiger partial charge in [0, 0.05) is 20.2 Å². The molecular formula is C16H21NO5. The number of rotatable bonds is 6. The van der Waals surface area contributed by atoms with Crippen molar-refractivity contribution in [3.05, 3.63) is 29.8 Å². The van der Waals surface area contributed by atoms with E-state index in [0.717, 1.165) is 0 Å². The van der Waals surface area contributed by atoms with Crippen LogP contribution in [-0.4, -0.2) is 55.3 Å². The van der Waals surface area contributed by atoms with Crippen molar-refractivity contribution in [2.24, 2.45) is 11.8 Å². The van der Waals surface area contributed by atoms with Gasteiger partial charge in [-0.15, -0.1) is 0 Å². The molecule has 6 nitrogen and oxygen atoms in total. The summed E-state index contributed by atoms with van der Waals surface area (Å²) in [6.07, 6.45) is 0. The monoisotopic (exact) mass is 307 g/mol. The molecule has 1 amide bonds. The number of carbonyl (C=O) groups is 2. The number of benzene rings is 1. The van der Waals surface area contributed by atoms with Crippen LogP contribution in [0.25, 0.3) is 0 Å². The highest BCUT2D eigenvalue weighted by atomic mass is 16.5. The average Bonchev–Trinajstić information content (AvgIpc) is 2.89. The fraction of sp³-hybridized carbons (Fsp3) is 0.500. The van der Waals surface area contributed by atoms with Gasteiger partial charge in [0.15, 0.2) is 0 Å². The molecule has 0 saturated carbocycles. The van der Waals surface area contributed by atoms with Crippen molar-refractivity contribution in [3.63, 3.8) is 0 Å². The summed E-state index contributed by atoms with van der Waals surface area (Å²) in [7, 11) is 1.58. The van der Waals surface area contributed by atoms with E-state index in [9.17, 15) is 14.7 Å². The summed E-state index contributed by atoms with van der Waals surface area (Å²) in [6.45, 7) is 3.33. The van der Waals surface area contributed by atoms with Crippen molar-refractivity contribution in [3.8, 4) is 5.75 Å². The van der Waals surface area contributed by atoms with Crippen LogP contribution in [0.2, 0.25) is 0 Å². The highest BCUT2D eigenvalue weighted by Crippen LogP contribution is 2.27. The van der Waals surface area contributed by atoms with Crippen molar-refractivity contribution in [1.82, 2.24) is 4.90 Å². The summed E-state index contributed by atoms with van der Waals surface area (Å²) >= 11 is 0. The summed E-state index contributed by atoms with van der Waals surface area (Å²) in [5.41, 5.74) is 0.455. The first-order chi connectivity index (χ1) is 10.5. The maximum Gasteiger partial charge on any atom is 0.308 e.